The van der Waals surface area contributed by atoms with E-state index in [1.807, 2.05) is 7.11 Å². The molecule has 1 aliphatic heterocycles. The van der Waals surface area contributed by atoms with E-state index in [1.54, 1.807) is 0 Å². The molecule has 4 unspecified atom stereocenters. The maximum Gasteiger partial charge on any atom is 0.0586 e. The Morgan fingerprint density at radius 2 is 2.00 bits per heavy atom. The van der Waals surface area contributed by atoms with Gasteiger partial charge in [-0.3, -0.25) is 4.90 Å². The Morgan fingerprint density at radius 3 is 2.67 bits per heavy atom. The van der Waals surface area contributed by atoms with Gasteiger partial charge in [0, 0.05) is 38.3 Å². The summed E-state index contributed by atoms with van der Waals surface area (Å²) >= 11 is 0. The van der Waals surface area contributed by atoms with E-state index in [1.165, 1.54) is 58.0 Å². The SMILES string of the molecule is COC1CCCC(N2CC(CC(C)C)NCC2C2CC2)C1. The largest absolute Gasteiger partial charge is 0.381 e. The van der Waals surface area contributed by atoms with E-state index in [0.717, 1.165) is 23.9 Å². The molecule has 1 heterocycles. The molecule has 2 aliphatic carbocycles. The number of hydrogen-bond donors (Lipinski definition) is 1. The van der Waals surface area contributed by atoms with Crippen LogP contribution in [0.1, 0.15) is 58.8 Å². The summed E-state index contributed by atoms with van der Waals surface area (Å²) in [5.41, 5.74) is 0. The number of ether oxygens (including phenoxy) is 1. The van der Waals surface area contributed by atoms with Gasteiger partial charge in [0.2, 0.25) is 0 Å². The van der Waals surface area contributed by atoms with E-state index in [-0.39, 0.29) is 0 Å². The van der Waals surface area contributed by atoms with Gasteiger partial charge in [-0.05, 0) is 56.8 Å². The summed E-state index contributed by atoms with van der Waals surface area (Å²) in [7, 11) is 1.89. The molecule has 1 saturated heterocycles. The molecule has 122 valence electrons. The Balaban J connectivity index is 1.64. The van der Waals surface area contributed by atoms with Crippen LogP contribution in [0, 0.1) is 11.8 Å². The van der Waals surface area contributed by atoms with Gasteiger partial charge in [-0.2, -0.15) is 0 Å². The summed E-state index contributed by atoms with van der Waals surface area (Å²) in [5, 5.41) is 3.84. The maximum atomic E-state index is 5.67. The molecule has 3 nitrogen and oxygen atoms in total. The monoisotopic (exact) mass is 294 g/mol. The molecule has 0 bridgehead atoms. The lowest BCUT2D eigenvalue weighted by molar-refractivity contribution is -0.00619. The first-order valence-corrected chi connectivity index (χ1v) is 9.19. The molecule has 21 heavy (non-hydrogen) atoms. The number of nitrogens with one attached hydrogen (secondary N) is 1. The first kappa shape index (κ1) is 15.8. The van der Waals surface area contributed by atoms with Gasteiger partial charge in [0.05, 0.1) is 6.10 Å². The third-order valence-electron chi connectivity index (χ3n) is 5.80. The summed E-state index contributed by atoms with van der Waals surface area (Å²) in [5.74, 6) is 1.76. The topological polar surface area (TPSA) is 24.5 Å². The fraction of sp³-hybridized carbons (Fsp3) is 1.00. The van der Waals surface area contributed by atoms with Crippen LogP contribution in [-0.2, 0) is 4.74 Å². The van der Waals surface area contributed by atoms with Gasteiger partial charge in [0.1, 0.15) is 0 Å². The van der Waals surface area contributed by atoms with Gasteiger partial charge in [-0.15, -0.1) is 0 Å². The second-order valence-electron chi connectivity index (χ2n) is 8.01. The van der Waals surface area contributed by atoms with Gasteiger partial charge < -0.3 is 10.1 Å². The lowest BCUT2D eigenvalue weighted by atomic mass is 9.88. The molecular formula is C18H34N2O. The molecule has 3 rings (SSSR count). The molecule has 0 amide bonds. The summed E-state index contributed by atoms with van der Waals surface area (Å²) in [6.07, 6.45) is 9.99. The van der Waals surface area contributed by atoms with Crippen LogP contribution in [0.3, 0.4) is 0 Å². The van der Waals surface area contributed by atoms with Gasteiger partial charge >= 0.3 is 0 Å². The van der Waals surface area contributed by atoms with Crippen molar-refractivity contribution in [3.05, 3.63) is 0 Å². The first-order chi connectivity index (χ1) is 10.2. The number of piperazine rings is 1. The predicted molar refractivity (Wildman–Crippen MR) is 87.5 cm³/mol. The van der Waals surface area contributed by atoms with E-state index in [4.69, 9.17) is 4.74 Å². The average molecular weight is 294 g/mol. The second-order valence-corrected chi connectivity index (χ2v) is 8.01. The lowest BCUT2D eigenvalue weighted by Gasteiger charge is -2.47. The first-order valence-electron chi connectivity index (χ1n) is 9.19. The fourth-order valence-corrected chi connectivity index (χ4v) is 4.56. The van der Waals surface area contributed by atoms with Crippen molar-refractivity contribution in [3.8, 4) is 0 Å². The average Bonchev–Trinajstić information content (AvgIpc) is 3.31. The minimum absolute atomic E-state index is 0.502. The molecule has 0 aromatic carbocycles. The number of hydrogen-bond acceptors (Lipinski definition) is 3. The van der Waals surface area contributed by atoms with E-state index in [9.17, 15) is 0 Å². The predicted octanol–water partition coefficient (Wildman–Crippen LogP) is 3.04. The minimum Gasteiger partial charge on any atom is -0.381 e. The van der Waals surface area contributed by atoms with Crippen LogP contribution < -0.4 is 5.32 Å². The van der Waals surface area contributed by atoms with Crippen LogP contribution in [0.4, 0.5) is 0 Å². The van der Waals surface area contributed by atoms with Crippen molar-refractivity contribution in [2.24, 2.45) is 11.8 Å². The number of nitrogens with zero attached hydrogens (tertiary/aromatic N) is 1. The highest BCUT2D eigenvalue weighted by molar-refractivity contribution is 4.98. The van der Waals surface area contributed by atoms with Gasteiger partial charge in [0.25, 0.3) is 0 Å². The van der Waals surface area contributed by atoms with E-state index in [2.05, 4.69) is 24.1 Å². The van der Waals surface area contributed by atoms with Crippen LogP contribution in [0.5, 0.6) is 0 Å². The maximum absolute atomic E-state index is 5.67. The van der Waals surface area contributed by atoms with E-state index in [0.29, 0.717) is 12.1 Å². The smallest absolute Gasteiger partial charge is 0.0586 e. The standard InChI is InChI=1S/C18H34N2O/c1-13(2)9-15-12-20(18(11-19-15)14-7-8-14)16-5-4-6-17(10-16)21-3/h13-19H,4-12H2,1-3H3. The molecule has 0 spiro atoms. The highest BCUT2D eigenvalue weighted by Crippen LogP contribution is 2.39. The summed E-state index contributed by atoms with van der Waals surface area (Å²) < 4.78 is 5.67. The third kappa shape index (κ3) is 4.00. The lowest BCUT2D eigenvalue weighted by Crippen LogP contribution is -2.61. The molecule has 3 aliphatic rings. The van der Waals surface area contributed by atoms with Crippen molar-refractivity contribution in [2.45, 2.75) is 83.0 Å². The Bertz CT molecular complexity index is 329. The number of rotatable bonds is 5. The summed E-state index contributed by atoms with van der Waals surface area (Å²) in [4.78, 5) is 2.90. The summed E-state index contributed by atoms with van der Waals surface area (Å²) in [6, 6.07) is 2.27. The Labute approximate surface area is 130 Å². The van der Waals surface area contributed by atoms with Crippen molar-refractivity contribution < 1.29 is 4.74 Å². The van der Waals surface area contributed by atoms with Crippen LogP contribution >= 0.6 is 0 Å². The van der Waals surface area contributed by atoms with Crippen LogP contribution in [0.25, 0.3) is 0 Å². The van der Waals surface area contributed by atoms with Crippen LogP contribution in [-0.4, -0.2) is 49.3 Å². The zero-order valence-corrected chi connectivity index (χ0v) is 14.2. The Kier molecular flexibility index (Phi) is 5.23. The van der Waals surface area contributed by atoms with Crippen molar-refractivity contribution in [3.63, 3.8) is 0 Å². The molecule has 4 atom stereocenters. The zero-order chi connectivity index (χ0) is 14.8. The molecule has 1 N–H and O–H groups in total. The van der Waals surface area contributed by atoms with Crippen molar-refractivity contribution in [1.82, 2.24) is 10.2 Å². The fourth-order valence-electron chi connectivity index (χ4n) is 4.56. The minimum atomic E-state index is 0.502. The molecule has 2 saturated carbocycles. The Morgan fingerprint density at radius 1 is 1.19 bits per heavy atom. The summed E-state index contributed by atoms with van der Waals surface area (Å²) in [6.45, 7) is 7.18. The molecule has 0 radical (unpaired) electrons. The molecule has 0 aromatic heterocycles. The van der Waals surface area contributed by atoms with Crippen molar-refractivity contribution >= 4 is 0 Å². The van der Waals surface area contributed by atoms with E-state index >= 15 is 0 Å². The van der Waals surface area contributed by atoms with Gasteiger partial charge in [-0.1, -0.05) is 13.8 Å². The Hall–Kier alpha value is -0.120. The molecule has 3 heteroatoms. The second kappa shape index (κ2) is 6.97. The highest BCUT2D eigenvalue weighted by Gasteiger charge is 2.42. The third-order valence-corrected chi connectivity index (χ3v) is 5.80. The van der Waals surface area contributed by atoms with Gasteiger partial charge in [-0.25, -0.2) is 0 Å². The van der Waals surface area contributed by atoms with Crippen molar-refractivity contribution in [1.29, 1.82) is 0 Å². The molecule has 3 fully saturated rings. The van der Waals surface area contributed by atoms with Crippen LogP contribution in [0.15, 0.2) is 0 Å². The quantitative estimate of drug-likeness (QED) is 0.843. The normalized spacial score (nSPS) is 38.9. The highest BCUT2D eigenvalue weighted by atomic mass is 16.5. The number of methoxy groups -OCH3 is 1. The molecule has 0 aromatic rings. The molecular weight excluding hydrogens is 260 g/mol. The van der Waals surface area contributed by atoms with E-state index < -0.39 is 0 Å². The zero-order valence-electron chi connectivity index (χ0n) is 14.2. The van der Waals surface area contributed by atoms with Crippen molar-refractivity contribution in [2.75, 3.05) is 20.2 Å². The van der Waals surface area contributed by atoms with Crippen LogP contribution in [0.2, 0.25) is 0 Å². The van der Waals surface area contributed by atoms with Gasteiger partial charge in [0.15, 0.2) is 0 Å².